The highest BCUT2D eigenvalue weighted by molar-refractivity contribution is 5.39. The average molecular weight is 236 g/mol. The van der Waals surface area contributed by atoms with Crippen LogP contribution in [-0.4, -0.2) is 13.2 Å². The molecule has 0 spiro atoms. The Morgan fingerprint density at radius 1 is 1.12 bits per heavy atom. The lowest BCUT2D eigenvalue weighted by molar-refractivity contribution is 0.251. The fourth-order valence-corrected chi connectivity index (χ4v) is 1.09. The number of hydrogen-bond acceptors (Lipinski definition) is 2. The average Bonchev–Trinajstić information content (AvgIpc) is 2.37. The molecule has 1 aromatic rings. The Bertz CT molecular complexity index is 306. The second-order valence-corrected chi connectivity index (χ2v) is 3.75. The summed E-state index contributed by atoms with van der Waals surface area (Å²) in [7, 11) is 0. The van der Waals surface area contributed by atoms with Crippen LogP contribution in [0.5, 0.6) is 11.5 Å². The first-order valence-corrected chi connectivity index (χ1v) is 6.19. The van der Waals surface area contributed by atoms with E-state index >= 15 is 0 Å². The highest BCUT2D eigenvalue weighted by Gasteiger charge is 2.03. The van der Waals surface area contributed by atoms with Crippen LogP contribution < -0.4 is 9.47 Å². The maximum Gasteiger partial charge on any atom is 0.161 e. The third-order valence-electron chi connectivity index (χ3n) is 1.78. The summed E-state index contributed by atoms with van der Waals surface area (Å²) < 4.78 is 11.1. The van der Waals surface area contributed by atoms with Crippen molar-refractivity contribution in [1.82, 2.24) is 0 Å². The third-order valence-corrected chi connectivity index (χ3v) is 1.78. The van der Waals surface area contributed by atoms with Gasteiger partial charge in [0.15, 0.2) is 11.5 Å². The highest BCUT2D eigenvalue weighted by Crippen LogP contribution is 2.26. The predicted octanol–water partition coefficient (Wildman–Crippen LogP) is 4.31. The van der Waals surface area contributed by atoms with Crippen molar-refractivity contribution in [2.24, 2.45) is 5.92 Å². The lowest BCUT2D eigenvalue weighted by Gasteiger charge is -2.12. The summed E-state index contributed by atoms with van der Waals surface area (Å²) in [5.41, 5.74) is 0. The van der Waals surface area contributed by atoms with E-state index in [4.69, 9.17) is 9.47 Å². The van der Waals surface area contributed by atoms with E-state index in [2.05, 4.69) is 20.4 Å². The molecule has 0 aliphatic carbocycles. The summed E-state index contributed by atoms with van der Waals surface area (Å²) in [6.45, 7) is 13.1. The van der Waals surface area contributed by atoms with E-state index in [0.29, 0.717) is 19.1 Å². The van der Waals surface area contributed by atoms with Crippen LogP contribution in [0.1, 0.15) is 27.7 Å². The van der Waals surface area contributed by atoms with Crippen LogP contribution in [0.4, 0.5) is 0 Å². The van der Waals surface area contributed by atoms with Gasteiger partial charge in [-0.25, -0.2) is 0 Å². The molecule has 17 heavy (non-hydrogen) atoms. The zero-order chi connectivity index (χ0) is 13.1. The molecule has 96 valence electrons. The zero-order valence-corrected chi connectivity index (χ0v) is 11.4. The quantitative estimate of drug-likeness (QED) is 0.685. The summed E-state index contributed by atoms with van der Waals surface area (Å²) in [5.74, 6) is 2.09. The molecular weight excluding hydrogens is 212 g/mol. The molecule has 1 rings (SSSR count). The lowest BCUT2D eigenvalue weighted by Crippen LogP contribution is -2.06. The van der Waals surface area contributed by atoms with E-state index in [1.807, 2.05) is 38.1 Å². The smallest absolute Gasteiger partial charge is 0.161 e. The lowest BCUT2D eigenvalue weighted by atomic mass is 10.2. The molecule has 0 amide bonds. The molecule has 0 fully saturated rings. The van der Waals surface area contributed by atoms with Crippen molar-refractivity contribution in [2.45, 2.75) is 27.7 Å². The number of ether oxygens (including phenoxy) is 2. The van der Waals surface area contributed by atoms with Gasteiger partial charge in [-0.3, -0.25) is 0 Å². The summed E-state index contributed by atoms with van der Waals surface area (Å²) >= 11 is 0. The molecular formula is C15H24O2. The molecule has 0 unspecified atom stereocenters. The Hall–Kier alpha value is -1.44. The summed E-state index contributed by atoms with van der Waals surface area (Å²) in [4.78, 5) is 0. The van der Waals surface area contributed by atoms with Crippen molar-refractivity contribution in [1.29, 1.82) is 0 Å². The van der Waals surface area contributed by atoms with Crippen molar-refractivity contribution in [3.05, 3.63) is 36.9 Å². The molecule has 0 aliphatic heterocycles. The Labute approximate surface area is 105 Å². The third kappa shape index (κ3) is 6.67. The van der Waals surface area contributed by atoms with Crippen molar-refractivity contribution < 1.29 is 9.47 Å². The fourth-order valence-electron chi connectivity index (χ4n) is 1.09. The van der Waals surface area contributed by atoms with Gasteiger partial charge < -0.3 is 9.47 Å². The van der Waals surface area contributed by atoms with E-state index < -0.39 is 0 Å². The summed E-state index contributed by atoms with van der Waals surface area (Å²) in [5, 5.41) is 0. The molecule has 0 saturated carbocycles. The minimum absolute atomic E-state index is 0.502. The van der Waals surface area contributed by atoms with Gasteiger partial charge in [0.25, 0.3) is 0 Å². The fraction of sp³-hybridized carbons (Fsp3) is 0.467. The number of benzene rings is 1. The highest BCUT2D eigenvalue weighted by atomic mass is 16.5. The van der Waals surface area contributed by atoms with Gasteiger partial charge in [-0.1, -0.05) is 52.5 Å². The topological polar surface area (TPSA) is 18.5 Å². The van der Waals surface area contributed by atoms with Gasteiger partial charge in [-0.2, -0.15) is 0 Å². The van der Waals surface area contributed by atoms with Crippen LogP contribution >= 0.6 is 0 Å². The molecule has 2 heteroatoms. The number of rotatable bonds is 6. The first-order valence-electron chi connectivity index (χ1n) is 6.19. The molecule has 0 radical (unpaired) electrons. The van der Waals surface area contributed by atoms with E-state index in [1.165, 1.54) is 0 Å². The van der Waals surface area contributed by atoms with Gasteiger partial charge in [0.1, 0.15) is 6.61 Å². The Morgan fingerprint density at radius 2 is 1.65 bits per heavy atom. The van der Waals surface area contributed by atoms with Gasteiger partial charge in [0.05, 0.1) is 6.61 Å². The van der Waals surface area contributed by atoms with Gasteiger partial charge in [0, 0.05) is 0 Å². The molecule has 0 saturated heterocycles. The van der Waals surface area contributed by atoms with Crippen LogP contribution in [0.15, 0.2) is 36.9 Å². The molecule has 0 aromatic heterocycles. The van der Waals surface area contributed by atoms with Gasteiger partial charge in [-0.15, -0.1) is 0 Å². The van der Waals surface area contributed by atoms with Crippen LogP contribution in [0.3, 0.4) is 0 Å². The molecule has 2 nitrogen and oxygen atoms in total. The number of para-hydroxylation sites is 2. The van der Waals surface area contributed by atoms with E-state index in [9.17, 15) is 0 Å². The summed E-state index contributed by atoms with van der Waals surface area (Å²) in [6.07, 6.45) is 1.72. The molecule has 0 N–H and O–H groups in total. The number of hydrogen-bond donors (Lipinski definition) is 0. The Balaban J connectivity index is 0.00000121. The van der Waals surface area contributed by atoms with Gasteiger partial charge >= 0.3 is 0 Å². The predicted molar refractivity (Wildman–Crippen MR) is 73.8 cm³/mol. The van der Waals surface area contributed by atoms with Crippen LogP contribution in [0.2, 0.25) is 0 Å². The maximum absolute atomic E-state index is 5.64. The second kappa shape index (κ2) is 9.76. The second-order valence-electron chi connectivity index (χ2n) is 3.75. The monoisotopic (exact) mass is 236 g/mol. The van der Waals surface area contributed by atoms with E-state index in [-0.39, 0.29) is 0 Å². The molecule has 0 aliphatic rings. The molecule has 0 atom stereocenters. The van der Waals surface area contributed by atoms with Crippen molar-refractivity contribution >= 4 is 0 Å². The van der Waals surface area contributed by atoms with Crippen LogP contribution in [0, 0.1) is 5.92 Å². The first kappa shape index (κ1) is 15.6. The molecule has 0 heterocycles. The van der Waals surface area contributed by atoms with Crippen molar-refractivity contribution in [3.63, 3.8) is 0 Å². The zero-order valence-electron chi connectivity index (χ0n) is 11.4. The minimum Gasteiger partial charge on any atom is -0.489 e. The molecule has 0 bridgehead atoms. The van der Waals surface area contributed by atoms with Crippen LogP contribution in [-0.2, 0) is 0 Å². The van der Waals surface area contributed by atoms with E-state index in [1.54, 1.807) is 6.08 Å². The summed E-state index contributed by atoms with van der Waals surface area (Å²) in [6, 6.07) is 7.69. The van der Waals surface area contributed by atoms with Crippen molar-refractivity contribution in [3.8, 4) is 11.5 Å². The van der Waals surface area contributed by atoms with Gasteiger partial charge in [0.2, 0.25) is 0 Å². The standard InChI is InChI=1S/C13H18O2.C2H6/c1-4-9-14-12-7-5-6-8-13(12)15-10-11(2)3;1-2/h4-8,11H,1,9-10H2,2-3H3;1-2H3. The SMILES string of the molecule is C=CCOc1ccccc1OCC(C)C.CC. The van der Waals surface area contributed by atoms with Crippen molar-refractivity contribution in [2.75, 3.05) is 13.2 Å². The molecule has 1 aromatic carbocycles. The van der Waals surface area contributed by atoms with E-state index in [0.717, 1.165) is 11.5 Å². The minimum atomic E-state index is 0.502. The first-order chi connectivity index (χ1) is 8.24. The Morgan fingerprint density at radius 3 is 2.12 bits per heavy atom. The van der Waals surface area contributed by atoms with Crippen LogP contribution in [0.25, 0.3) is 0 Å². The maximum atomic E-state index is 5.64. The Kier molecular flexibility index (Phi) is 8.94. The largest absolute Gasteiger partial charge is 0.489 e. The normalized spacial score (nSPS) is 9.24. The van der Waals surface area contributed by atoms with Gasteiger partial charge in [-0.05, 0) is 18.1 Å².